The lowest BCUT2D eigenvalue weighted by atomic mass is 9.84. The van der Waals surface area contributed by atoms with Crippen LogP contribution in [-0.4, -0.2) is 36.2 Å². The maximum Gasteiger partial charge on any atom is 0.410 e. The standard InChI is InChI=1S/C15H19FN2O2/c1-15(12-6-7-17-8-12)10-20-14(19)18(15)9-11-2-4-13(16)5-3-11/h2-5,12,17H,6-10H2,1H3. The Labute approximate surface area is 117 Å². The highest BCUT2D eigenvalue weighted by molar-refractivity contribution is 5.71. The number of nitrogens with one attached hydrogen (secondary N) is 1. The van der Waals surface area contributed by atoms with Gasteiger partial charge in [0.25, 0.3) is 0 Å². The van der Waals surface area contributed by atoms with Crippen LogP contribution in [0.1, 0.15) is 18.9 Å². The third-order valence-electron chi connectivity index (χ3n) is 4.52. The Hall–Kier alpha value is -1.62. The van der Waals surface area contributed by atoms with E-state index in [0.29, 0.717) is 19.1 Å². The average Bonchev–Trinajstić information content (AvgIpc) is 3.06. The molecule has 0 aliphatic carbocycles. The number of amides is 1. The molecular weight excluding hydrogens is 259 g/mol. The van der Waals surface area contributed by atoms with Gasteiger partial charge in [-0.1, -0.05) is 12.1 Å². The van der Waals surface area contributed by atoms with Crippen molar-refractivity contribution < 1.29 is 13.9 Å². The summed E-state index contributed by atoms with van der Waals surface area (Å²) in [7, 11) is 0. The Morgan fingerprint density at radius 1 is 1.45 bits per heavy atom. The van der Waals surface area contributed by atoms with Crippen molar-refractivity contribution in [2.24, 2.45) is 5.92 Å². The van der Waals surface area contributed by atoms with Gasteiger partial charge in [-0.3, -0.25) is 4.90 Å². The van der Waals surface area contributed by atoms with Crippen LogP contribution in [0.15, 0.2) is 24.3 Å². The number of hydrogen-bond donors (Lipinski definition) is 1. The zero-order valence-electron chi connectivity index (χ0n) is 11.6. The van der Waals surface area contributed by atoms with E-state index in [9.17, 15) is 9.18 Å². The maximum atomic E-state index is 13.0. The number of cyclic esters (lactones) is 1. The Morgan fingerprint density at radius 2 is 2.20 bits per heavy atom. The molecule has 108 valence electrons. The second kappa shape index (κ2) is 5.05. The number of ether oxygens (including phenoxy) is 1. The summed E-state index contributed by atoms with van der Waals surface area (Å²) in [5.41, 5.74) is 0.636. The molecule has 2 fully saturated rings. The molecule has 1 N–H and O–H groups in total. The van der Waals surface area contributed by atoms with Gasteiger partial charge in [-0.25, -0.2) is 9.18 Å². The molecule has 2 aliphatic heterocycles. The van der Waals surface area contributed by atoms with Crippen LogP contribution in [0.4, 0.5) is 9.18 Å². The predicted octanol–water partition coefficient (Wildman–Crippen LogP) is 2.15. The smallest absolute Gasteiger partial charge is 0.410 e. The molecule has 0 aromatic heterocycles. The zero-order valence-corrected chi connectivity index (χ0v) is 11.6. The minimum atomic E-state index is -0.283. The number of carbonyl (C=O) groups is 1. The van der Waals surface area contributed by atoms with Crippen molar-refractivity contribution in [3.05, 3.63) is 35.6 Å². The van der Waals surface area contributed by atoms with Crippen LogP contribution in [0, 0.1) is 11.7 Å². The van der Waals surface area contributed by atoms with Crippen LogP contribution in [0.5, 0.6) is 0 Å². The van der Waals surface area contributed by atoms with Gasteiger partial charge in [0.1, 0.15) is 12.4 Å². The molecule has 1 aromatic carbocycles. The van der Waals surface area contributed by atoms with Crippen molar-refractivity contribution in [2.75, 3.05) is 19.7 Å². The summed E-state index contributed by atoms with van der Waals surface area (Å²) in [4.78, 5) is 13.8. The molecule has 5 heteroatoms. The van der Waals surface area contributed by atoms with E-state index in [1.165, 1.54) is 12.1 Å². The van der Waals surface area contributed by atoms with Crippen molar-refractivity contribution in [3.63, 3.8) is 0 Å². The minimum absolute atomic E-state index is 0.263. The lowest BCUT2D eigenvalue weighted by Crippen LogP contribution is -2.50. The van der Waals surface area contributed by atoms with Crippen molar-refractivity contribution in [3.8, 4) is 0 Å². The van der Waals surface area contributed by atoms with Gasteiger partial charge < -0.3 is 10.1 Å². The SMILES string of the molecule is CC1(C2CCNC2)COC(=O)N1Cc1ccc(F)cc1. The van der Waals surface area contributed by atoms with E-state index in [-0.39, 0.29) is 17.4 Å². The molecule has 2 unspecified atom stereocenters. The molecule has 4 nitrogen and oxygen atoms in total. The normalized spacial score (nSPS) is 29.8. The lowest BCUT2D eigenvalue weighted by molar-refractivity contribution is 0.117. The van der Waals surface area contributed by atoms with E-state index < -0.39 is 0 Å². The van der Waals surface area contributed by atoms with Crippen molar-refractivity contribution in [1.82, 2.24) is 10.2 Å². The van der Waals surface area contributed by atoms with Crippen LogP contribution in [0.25, 0.3) is 0 Å². The number of rotatable bonds is 3. The highest BCUT2D eigenvalue weighted by atomic mass is 19.1. The molecule has 2 saturated heterocycles. The summed E-state index contributed by atoms with van der Waals surface area (Å²) < 4.78 is 18.2. The van der Waals surface area contributed by atoms with E-state index >= 15 is 0 Å². The van der Waals surface area contributed by atoms with Crippen LogP contribution >= 0.6 is 0 Å². The van der Waals surface area contributed by atoms with Gasteiger partial charge in [0.15, 0.2) is 0 Å². The third-order valence-corrected chi connectivity index (χ3v) is 4.52. The van der Waals surface area contributed by atoms with E-state index in [4.69, 9.17) is 4.74 Å². The van der Waals surface area contributed by atoms with Crippen molar-refractivity contribution in [2.45, 2.75) is 25.4 Å². The number of carbonyl (C=O) groups excluding carboxylic acids is 1. The molecular formula is C15H19FN2O2. The summed E-state index contributed by atoms with van der Waals surface area (Å²) in [5, 5.41) is 3.34. The Balaban J connectivity index is 1.81. The molecule has 0 spiro atoms. The quantitative estimate of drug-likeness (QED) is 0.921. The summed E-state index contributed by atoms with van der Waals surface area (Å²) in [6.07, 6.45) is 0.774. The Morgan fingerprint density at radius 3 is 2.85 bits per heavy atom. The fourth-order valence-electron chi connectivity index (χ4n) is 3.11. The van der Waals surface area contributed by atoms with Gasteiger partial charge in [-0.2, -0.15) is 0 Å². The highest BCUT2D eigenvalue weighted by Crippen LogP contribution is 2.35. The number of nitrogens with zero attached hydrogens (tertiary/aromatic N) is 1. The molecule has 3 rings (SSSR count). The molecule has 2 aliphatic rings. The first-order chi connectivity index (χ1) is 9.59. The lowest BCUT2D eigenvalue weighted by Gasteiger charge is -2.36. The largest absolute Gasteiger partial charge is 0.447 e. The van der Waals surface area contributed by atoms with Gasteiger partial charge >= 0.3 is 6.09 Å². The molecule has 1 amide bonds. The molecule has 1 aromatic rings. The minimum Gasteiger partial charge on any atom is -0.447 e. The summed E-state index contributed by atoms with van der Waals surface area (Å²) in [5.74, 6) is 0.134. The Bertz CT molecular complexity index is 499. The van der Waals surface area contributed by atoms with Crippen LogP contribution in [0.3, 0.4) is 0 Å². The van der Waals surface area contributed by atoms with Gasteiger partial charge in [0.2, 0.25) is 0 Å². The second-order valence-electron chi connectivity index (χ2n) is 5.81. The first-order valence-corrected chi connectivity index (χ1v) is 6.99. The monoisotopic (exact) mass is 278 g/mol. The molecule has 2 heterocycles. The number of halogens is 1. The van der Waals surface area contributed by atoms with Gasteiger partial charge in [0.05, 0.1) is 5.54 Å². The van der Waals surface area contributed by atoms with E-state index in [0.717, 1.165) is 25.1 Å². The van der Waals surface area contributed by atoms with Crippen LogP contribution in [0.2, 0.25) is 0 Å². The number of hydrogen-bond acceptors (Lipinski definition) is 3. The van der Waals surface area contributed by atoms with Gasteiger partial charge in [-0.05, 0) is 43.5 Å². The van der Waals surface area contributed by atoms with E-state index in [1.54, 1.807) is 17.0 Å². The molecule has 0 bridgehead atoms. The van der Waals surface area contributed by atoms with Gasteiger partial charge in [-0.15, -0.1) is 0 Å². The summed E-state index contributed by atoms with van der Waals surface area (Å²) >= 11 is 0. The predicted molar refractivity (Wildman–Crippen MR) is 72.7 cm³/mol. The third kappa shape index (κ3) is 2.26. The molecule has 0 saturated carbocycles. The number of benzene rings is 1. The van der Waals surface area contributed by atoms with Crippen molar-refractivity contribution >= 4 is 6.09 Å². The fraction of sp³-hybridized carbons (Fsp3) is 0.533. The molecule has 2 atom stereocenters. The fourth-order valence-corrected chi connectivity index (χ4v) is 3.11. The van der Waals surface area contributed by atoms with E-state index in [2.05, 4.69) is 12.2 Å². The summed E-state index contributed by atoms with van der Waals surface area (Å²) in [6.45, 7) is 4.87. The van der Waals surface area contributed by atoms with Gasteiger partial charge in [0, 0.05) is 13.1 Å². The zero-order chi connectivity index (χ0) is 14.2. The first kappa shape index (κ1) is 13.4. The van der Waals surface area contributed by atoms with E-state index in [1.807, 2.05) is 0 Å². The maximum absolute atomic E-state index is 13.0. The van der Waals surface area contributed by atoms with Crippen LogP contribution < -0.4 is 5.32 Å². The molecule has 20 heavy (non-hydrogen) atoms. The first-order valence-electron chi connectivity index (χ1n) is 6.99. The average molecular weight is 278 g/mol. The topological polar surface area (TPSA) is 41.6 Å². The Kier molecular flexibility index (Phi) is 3.38. The molecule has 0 radical (unpaired) electrons. The highest BCUT2D eigenvalue weighted by Gasteiger charge is 2.49. The van der Waals surface area contributed by atoms with Crippen molar-refractivity contribution in [1.29, 1.82) is 0 Å². The summed E-state index contributed by atoms with van der Waals surface area (Å²) in [6, 6.07) is 6.28. The second-order valence-corrected chi connectivity index (χ2v) is 5.81. The van der Waals surface area contributed by atoms with Crippen LogP contribution in [-0.2, 0) is 11.3 Å².